The summed E-state index contributed by atoms with van der Waals surface area (Å²) in [6, 6.07) is 13.6. The maximum atomic E-state index is 12.8. The van der Waals surface area contributed by atoms with Crippen molar-refractivity contribution in [3.05, 3.63) is 84.3 Å². The first kappa shape index (κ1) is 17.6. The summed E-state index contributed by atoms with van der Waals surface area (Å²) >= 11 is 0. The van der Waals surface area contributed by atoms with Gasteiger partial charge in [-0.15, -0.1) is 5.10 Å². The molecular formula is C20H19N7O. The highest BCUT2D eigenvalue weighted by Crippen LogP contribution is 2.22. The fraction of sp³-hybridized carbons (Fsp3) is 0.150. The van der Waals surface area contributed by atoms with Gasteiger partial charge in [0.1, 0.15) is 5.69 Å². The number of imidazole rings is 1. The maximum absolute atomic E-state index is 12.8. The van der Waals surface area contributed by atoms with Crippen LogP contribution in [0, 0.1) is 0 Å². The standard InChI is InChI=1S/C20H19N7O/c28-20(23-11-8-17-12-22-14-24-17)18-19(16-6-9-21-10-7-16)27(26-25-18)13-15-4-2-1-3-5-15/h1-7,9-10,12,14H,8,11,13H2,(H,22,24)(H,23,28). The summed E-state index contributed by atoms with van der Waals surface area (Å²) in [5.41, 5.74) is 3.85. The number of hydrogen-bond acceptors (Lipinski definition) is 5. The minimum absolute atomic E-state index is 0.259. The Kier molecular flexibility index (Phi) is 5.19. The molecule has 0 saturated heterocycles. The van der Waals surface area contributed by atoms with E-state index in [1.807, 2.05) is 42.5 Å². The monoisotopic (exact) mass is 373 g/mol. The fourth-order valence-electron chi connectivity index (χ4n) is 2.94. The number of H-pyrrole nitrogens is 1. The summed E-state index contributed by atoms with van der Waals surface area (Å²) in [5.74, 6) is -0.259. The minimum Gasteiger partial charge on any atom is -0.350 e. The van der Waals surface area contributed by atoms with Crippen LogP contribution in [0.25, 0.3) is 11.3 Å². The molecule has 3 aromatic heterocycles. The molecule has 0 radical (unpaired) electrons. The Balaban J connectivity index is 1.58. The van der Waals surface area contributed by atoms with Crippen molar-refractivity contribution in [1.82, 2.24) is 35.3 Å². The molecule has 2 N–H and O–H groups in total. The predicted octanol–water partition coefficient (Wildman–Crippen LogP) is 2.08. The second-order valence-electron chi connectivity index (χ2n) is 6.25. The third kappa shape index (κ3) is 3.96. The molecule has 0 atom stereocenters. The van der Waals surface area contributed by atoms with Crippen molar-refractivity contribution >= 4 is 5.91 Å². The number of aromatic amines is 1. The molecule has 4 rings (SSSR count). The SMILES string of the molecule is O=C(NCCc1cnc[nH]1)c1nnn(Cc2ccccc2)c1-c1ccncc1. The van der Waals surface area contributed by atoms with Crippen molar-refractivity contribution in [2.24, 2.45) is 0 Å². The fourth-order valence-corrected chi connectivity index (χ4v) is 2.94. The number of hydrogen-bond donors (Lipinski definition) is 2. The van der Waals surface area contributed by atoms with E-state index in [2.05, 4.69) is 30.6 Å². The van der Waals surface area contributed by atoms with Gasteiger partial charge in [0, 0.05) is 42.8 Å². The van der Waals surface area contributed by atoms with Crippen LogP contribution in [-0.2, 0) is 13.0 Å². The van der Waals surface area contributed by atoms with Gasteiger partial charge in [-0.25, -0.2) is 9.67 Å². The average Bonchev–Trinajstić information content (AvgIpc) is 3.39. The summed E-state index contributed by atoms with van der Waals surface area (Å²) < 4.78 is 1.74. The van der Waals surface area contributed by atoms with E-state index in [0.29, 0.717) is 30.9 Å². The van der Waals surface area contributed by atoms with Crippen LogP contribution in [0.15, 0.2) is 67.4 Å². The lowest BCUT2D eigenvalue weighted by atomic mass is 10.1. The Morgan fingerprint density at radius 2 is 1.89 bits per heavy atom. The number of benzene rings is 1. The average molecular weight is 373 g/mol. The zero-order chi connectivity index (χ0) is 19.2. The molecule has 0 bridgehead atoms. The topological polar surface area (TPSA) is 101 Å². The van der Waals surface area contributed by atoms with Gasteiger partial charge in [-0.05, 0) is 17.7 Å². The second-order valence-corrected chi connectivity index (χ2v) is 6.25. The van der Waals surface area contributed by atoms with Crippen LogP contribution in [0.5, 0.6) is 0 Å². The molecule has 0 fully saturated rings. The summed E-state index contributed by atoms with van der Waals surface area (Å²) in [5, 5.41) is 11.3. The molecule has 28 heavy (non-hydrogen) atoms. The summed E-state index contributed by atoms with van der Waals surface area (Å²) in [6.07, 6.45) is 7.40. The smallest absolute Gasteiger partial charge is 0.274 e. The lowest BCUT2D eigenvalue weighted by Gasteiger charge is -2.09. The first-order valence-corrected chi connectivity index (χ1v) is 8.94. The van der Waals surface area contributed by atoms with Gasteiger partial charge in [-0.2, -0.15) is 0 Å². The number of carbonyl (C=O) groups is 1. The number of nitrogens with zero attached hydrogens (tertiary/aromatic N) is 5. The highest BCUT2D eigenvalue weighted by Gasteiger charge is 2.21. The van der Waals surface area contributed by atoms with E-state index in [0.717, 1.165) is 16.8 Å². The molecule has 1 aromatic carbocycles. The lowest BCUT2D eigenvalue weighted by Crippen LogP contribution is -2.26. The molecule has 8 nitrogen and oxygen atoms in total. The van der Waals surface area contributed by atoms with E-state index < -0.39 is 0 Å². The largest absolute Gasteiger partial charge is 0.350 e. The second kappa shape index (κ2) is 8.26. The van der Waals surface area contributed by atoms with Gasteiger partial charge in [-0.3, -0.25) is 9.78 Å². The van der Waals surface area contributed by atoms with Crippen molar-refractivity contribution in [2.75, 3.05) is 6.54 Å². The van der Waals surface area contributed by atoms with Crippen LogP contribution < -0.4 is 5.32 Å². The molecule has 0 aliphatic rings. The third-order valence-electron chi connectivity index (χ3n) is 4.31. The first-order chi connectivity index (χ1) is 13.8. The third-order valence-corrected chi connectivity index (χ3v) is 4.31. The van der Waals surface area contributed by atoms with Crippen molar-refractivity contribution < 1.29 is 4.79 Å². The lowest BCUT2D eigenvalue weighted by molar-refractivity contribution is 0.0949. The molecule has 4 aromatic rings. The van der Waals surface area contributed by atoms with Crippen molar-refractivity contribution in [1.29, 1.82) is 0 Å². The van der Waals surface area contributed by atoms with Crippen molar-refractivity contribution in [3.8, 4) is 11.3 Å². The van der Waals surface area contributed by atoms with Crippen LogP contribution in [0.1, 0.15) is 21.7 Å². The van der Waals surface area contributed by atoms with E-state index in [9.17, 15) is 4.79 Å². The molecule has 0 unspecified atom stereocenters. The molecular weight excluding hydrogens is 354 g/mol. The van der Waals surface area contributed by atoms with Crippen molar-refractivity contribution in [3.63, 3.8) is 0 Å². The molecule has 140 valence electrons. The van der Waals surface area contributed by atoms with E-state index in [1.165, 1.54) is 0 Å². The number of amides is 1. The van der Waals surface area contributed by atoms with Crippen LogP contribution >= 0.6 is 0 Å². The molecule has 0 saturated carbocycles. The van der Waals surface area contributed by atoms with E-state index in [4.69, 9.17) is 0 Å². The quantitative estimate of drug-likeness (QED) is 0.516. The zero-order valence-electron chi connectivity index (χ0n) is 15.1. The normalized spacial score (nSPS) is 10.7. The minimum atomic E-state index is -0.259. The Hall–Kier alpha value is -3.81. The molecule has 1 amide bonds. The Morgan fingerprint density at radius 3 is 2.64 bits per heavy atom. The van der Waals surface area contributed by atoms with Crippen LogP contribution in [-0.4, -0.2) is 42.4 Å². The zero-order valence-corrected chi connectivity index (χ0v) is 15.1. The summed E-state index contributed by atoms with van der Waals surface area (Å²) in [4.78, 5) is 23.8. The number of pyridine rings is 1. The molecule has 0 aliphatic heterocycles. The van der Waals surface area contributed by atoms with E-state index >= 15 is 0 Å². The molecule has 8 heteroatoms. The van der Waals surface area contributed by atoms with Gasteiger partial charge < -0.3 is 10.3 Å². The molecule has 0 aliphatic carbocycles. The van der Waals surface area contributed by atoms with E-state index in [-0.39, 0.29) is 5.91 Å². The van der Waals surface area contributed by atoms with Crippen LogP contribution in [0.4, 0.5) is 0 Å². The summed E-state index contributed by atoms with van der Waals surface area (Å²) in [6.45, 7) is 0.995. The van der Waals surface area contributed by atoms with Gasteiger partial charge in [-0.1, -0.05) is 35.5 Å². The van der Waals surface area contributed by atoms with E-state index in [1.54, 1.807) is 29.6 Å². The Morgan fingerprint density at radius 1 is 1.07 bits per heavy atom. The number of aromatic nitrogens is 6. The van der Waals surface area contributed by atoms with Gasteiger partial charge in [0.25, 0.3) is 5.91 Å². The molecule has 3 heterocycles. The highest BCUT2D eigenvalue weighted by molar-refractivity contribution is 5.98. The van der Waals surface area contributed by atoms with Gasteiger partial charge >= 0.3 is 0 Å². The van der Waals surface area contributed by atoms with Gasteiger partial charge in [0.05, 0.1) is 12.9 Å². The predicted molar refractivity (Wildman–Crippen MR) is 103 cm³/mol. The van der Waals surface area contributed by atoms with Crippen LogP contribution in [0.3, 0.4) is 0 Å². The number of carbonyl (C=O) groups excluding carboxylic acids is 1. The first-order valence-electron chi connectivity index (χ1n) is 8.94. The van der Waals surface area contributed by atoms with Crippen molar-refractivity contribution in [2.45, 2.75) is 13.0 Å². The van der Waals surface area contributed by atoms with Crippen LogP contribution in [0.2, 0.25) is 0 Å². The van der Waals surface area contributed by atoms with Gasteiger partial charge in [0.15, 0.2) is 5.69 Å². The number of nitrogens with one attached hydrogen (secondary N) is 2. The molecule has 0 spiro atoms. The number of rotatable bonds is 7. The Labute approximate surface area is 161 Å². The van der Waals surface area contributed by atoms with Gasteiger partial charge in [0.2, 0.25) is 0 Å². The highest BCUT2D eigenvalue weighted by atomic mass is 16.2. The maximum Gasteiger partial charge on any atom is 0.274 e. The Bertz CT molecular complexity index is 1030. The summed E-state index contributed by atoms with van der Waals surface area (Å²) in [7, 11) is 0.